The molecule has 0 amide bonds. The number of carbonyl (C=O) groups excluding carboxylic acids is 1. The molecule has 0 aromatic rings. The Kier molecular flexibility index (Phi) is 4.92. The fraction of sp³-hybridized carbons (Fsp3) is 0.727. The zero-order chi connectivity index (χ0) is 10.5. The molecule has 76 valence electrons. The molecule has 0 rings (SSSR count). The second-order valence-electron chi connectivity index (χ2n) is 4.31. The molecule has 2 nitrogen and oxygen atoms in total. The fourth-order valence-electron chi connectivity index (χ4n) is 0.954. The summed E-state index contributed by atoms with van der Waals surface area (Å²) in [6.45, 7) is 9.70. The van der Waals surface area contributed by atoms with Crippen LogP contribution < -0.4 is 5.73 Å². The molecular formula is C11H21NO. The van der Waals surface area contributed by atoms with E-state index in [0.29, 0.717) is 12.8 Å². The first kappa shape index (κ1) is 12.4. The van der Waals surface area contributed by atoms with Gasteiger partial charge in [0.1, 0.15) is 5.78 Å². The number of Topliss-reactive ketones (excluding diaryl/α,β-unsaturated/α-hetero) is 1. The Bertz CT molecular complexity index is 189. The van der Waals surface area contributed by atoms with E-state index in [4.69, 9.17) is 5.73 Å². The summed E-state index contributed by atoms with van der Waals surface area (Å²) in [7, 11) is 0. The predicted octanol–water partition coefficient (Wildman–Crippen LogP) is 2.43. The molecule has 2 N–H and O–H groups in total. The van der Waals surface area contributed by atoms with Gasteiger partial charge < -0.3 is 5.73 Å². The average Bonchev–Trinajstić information content (AvgIpc) is 1.99. The standard InChI is InChI=1S/C11H21NO/c1-5-9(2)8-10(13)6-7-11(3,4)12/h2,5-8,12H2,1,3-4H3. The van der Waals surface area contributed by atoms with Gasteiger partial charge in [-0.1, -0.05) is 19.1 Å². The lowest BCUT2D eigenvalue weighted by Gasteiger charge is -2.17. The number of nitrogens with two attached hydrogens (primary N) is 1. The van der Waals surface area contributed by atoms with Crippen molar-refractivity contribution in [2.45, 2.75) is 52.0 Å². The number of rotatable bonds is 6. The molecule has 0 fully saturated rings. The highest BCUT2D eigenvalue weighted by Crippen LogP contribution is 2.11. The van der Waals surface area contributed by atoms with E-state index < -0.39 is 0 Å². The second kappa shape index (κ2) is 5.18. The van der Waals surface area contributed by atoms with Crippen LogP contribution >= 0.6 is 0 Å². The van der Waals surface area contributed by atoms with Crippen LogP contribution in [0.2, 0.25) is 0 Å². The van der Waals surface area contributed by atoms with Crippen molar-refractivity contribution in [3.8, 4) is 0 Å². The van der Waals surface area contributed by atoms with Gasteiger partial charge in [0.05, 0.1) is 0 Å². The summed E-state index contributed by atoms with van der Waals surface area (Å²) in [5, 5.41) is 0. The highest BCUT2D eigenvalue weighted by Gasteiger charge is 2.13. The molecule has 0 unspecified atom stereocenters. The van der Waals surface area contributed by atoms with Crippen molar-refractivity contribution < 1.29 is 4.79 Å². The van der Waals surface area contributed by atoms with Gasteiger partial charge in [0, 0.05) is 18.4 Å². The van der Waals surface area contributed by atoms with E-state index in [1.54, 1.807) is 0 Å². The Labute approximate surface area is 81.2 Å². The normalized spacial score (nSPS) is 11.4. The van der Waals surface area contributed by atoms with Gasteiger partial charge in [-0.05, 0) is 26.7 Å². The SMILES string of the molecule is C=C(CC)CC(=O)CCC(C)(C)N. The molecule has 0 aliphatic rings. The first-order valence-electron chi connectivity index (χ1n) is 4.82. The summed E-state index contributed by atoms with van der Waals surface area (Å²) < 4.78 is 0. The smallest absolute Gasteiger partial charge is 0.136 e. The molecule has 0 atom stereocenters. The molecular weight excluding hydrogens is 162 g/mol. The van der Waals surface area contributed by atoms with Crippen LogP contribution in [-0.2, 0) is 4.79 Å². The highest BCUT2D eigenvalue weighted by molar-refractivity contribution is 5.80. The molecule has 0 heterocycles. The summed E-state index contributed by atoms with van der Waals surface area (Å²) in [6.07, 6.45) is 2.73. The molecule has 0 aliphatic heterocycles. The Morgan fingerprint density at radius 1 is 1.46 bits per heavy atom. The molecule has 0 saturated heterocycles. The third-order valence-electron chi connectivity index (χ3n) is 2.00. The van der Waals surface area contributed by atoms with Crippen LogP contribution in [0.5, 0.6) is 0 Å². The molecule has 0 spiro atoms. The minimum absolute atomic E-state index is 0.233. The van der Waals surface area contributed by atoms with E-state index >= 15 is 0 Å². The number of ketones is 1. The number of hydrogen-bond donors (Lipinski definition) is 1. The topological polar surface area (TPSA) is 43.1 Å². The lowest BCUT2D eigenvalue weighted by atomic mass is 9.96. The van der Waals surface area contributed by atoms with E-state index in [1.807, 2.05) is 20.8 Å². The summed E-state index contributed by atoms with van der Waals surface area (Å²) in [4.78, 5) is 11.3. The van der Waals surface area contributed by atoms with Crippen molar-refractivity contribution >= 4 is 5.78 Å². The maximum absolute atomic E-state index is 11.3. The van der Waals surface area contributed by atoms with Crippen LogP contribution in [0.4, 0.5) is 0 Å². The third kappa shape index (κ3) is 7.72. The Morgan fingerprint density at radius 2 is 2.00 bits per heavy atom. The van der Waals surface area contributed by atoms with Crippen LogP contribution in [-0.4, -0.2) is 11.3 Å². The van der Waals surface area contributed by atoms with E-state index in [-0.39, 0.29) is 11.3 Å². The van der Waals surface area contributed by atoms with Gasteiger partial charge >= 0.3 is 0 Å². The monoisotopic (exact) mass is 183 g/mol. The maximum atomic E-state index is 11.3. The van der Waals surface area contributed by atoms with E-state index in [1.165, 1.54) is 0 Å². The third-order valence-corrected chi connectivity index (χ3v) is 2.00. The van der Waals surface area contributed by atoms with Gasteiger partial charge in [-0.15, -0.1) is 0 Å². The first-order valence-corrected chi connectivity index (χ1v) is 4.82. The Hall–Kier alpha value is -0.630. The van der Waals surface area contributed by atoms with Crippen molar-refractivity contribution in [1.82, 2.24) is 0 Å². The van der Waals surface area contributed by atoms with Crippen LogP contribution in [0, 0.1) is 0 Å². The molecule has 2 heteroatoms. The van der Waals surface area contributed by atoms with Gasteiger partial charge in [0.25, 0.3) is 0 Å². The van der Waals surface area contributed by atoms with E-state index in [0.717, 1.165) is 18.4 Å². The van der Waals surface area contributed by atoms with Crippen molar-refractivity contribution in [2.75, 3.05) is 0 Å². The summed E-state index contributed by atoms with van der Waals surface area (Å²) in [5.41, 5.74) is 6.55. The van der Waals surface area contributed by atoms with Crippen LogP contribution in [0.1, 0.15) is 46.5 Å². The average molecular weight is 183 g/mol. The van der Waals surface area contributed by atoms with Crippen molar-refractivity contribution in [1.29, 1.82) is 0 Å². The largest absolute Gasteiger partial charge is 0.326 e. The second-order valence-corrected chi connectivity index (χ2v) is 4.31. The zero-order valence-electron chi connectivity index (χ0n) is 9.02. The first-order chi connectivity index (χ1) is 5.85. The summed E-state index contributed by atoms with van der Waals surface area (Å²) in [6, 6.07) is 0. The number of carbonyl (C=O) groups is 1. The predicted molar refractivity (Wildman–Crippen MR) is 56.6 cm³/mol. The van der Waals surface area contributed by atoms with Crippen LogP contribution in [0.15, 0.2) is 12.2 Å². The van der Waals surface area contributed by atoms with Gasteiger partial charge in [0.2, 0.25) is 0 Å². The maximum Gasteiger partial charge on any atom is 0.136 e. The van der Waals surface area contributed by atoms with Crippen molar-refractivity contribution in [3.05, 3.63) is 12.2 Å². The lowest BCUT2D eigenvalue weighted by Crippen LogP contribution is -2.32. The van der Waals surface area contributed by atoms with Crippen LogP contribution in [0.3, 0.4) is 0 Å². The van der Waals surface area contributed by atoms with Gasteiger partial charge in [-0.3, -0.25) is 4.79 Å². The fourth-order valence-corrected chi connectivity index (χ4v) is 0.954. The molecule has 13 heavy (non-hydrogen) atoms. The van der Waals surface area contributed by atoms with Crippen molar-refractivity contribution in [3.63, 3.8) is 0 Å². The van der Waals surface area contributed by atoms with Crippen molar-refractivity contribution in [2.24, 2.45) is 5.73 Å². The summed E-state index contributed by atoms with van der Waals surface area (Å²) in [5.74, 6) is 0.255. The minimum atomic E-state index is -0.233. The number of allylic oxidation sites excluding steroid dienone is 1. The Morgan fingerprint density at radius 3 is 2.38 bits per heavy atom. The highest BCUT2D eigenvalue weighted by atomic mass is 16.1. The molecule has 0 saturated carbocycles. The summed E-state index contributed by atoms with van der Waals surface area (Å²) >= 11 is 0. The molecule has 0 bridgehead atoms. The van der Waals surface area contributed by atoms with E-state index in [9.17, 15) is 4.79 Å². The molecule has 0 radical (unpaired) electrons. The lowest BCUT2D eigenvalue weighted by molar-refractivity contribution is -0.118. The Balaban J connectivity index is 3.70. The molecule has 0 aromatic carbocycles. The van der Waals surface area contributed by atoms with Gasteiger partial charge in [-0.2, -0.15) is 0 Å². The van der Waals surface area contributed by atoms with Crippen LogP contribution in [0.25, 0.3) is 0 Å². The zero-order valence-corrected chi connectivity index (χ0v) is 9.02. The number of hydrogen-bond acceptors (Lipinski definition) is 2. The molecule has 0 aliphatic carbocycles. The van der Waals surface area contributed by atoms with Gasteiger partial charge in [0.15, 0.2) is 0 Å². The quantitative estimate of drug-likeness (QED) is 0.643. The molecule has 0 aromatic heterocycles. The van der Waals surface area contributed by atoms with E-state index in [2.05, 4.69) is 6.58 Å². The van der Waals surface area contributed by atoms with Gasteiger partial charge in [-0.25, -0.2) is 0 Å². The minimum Gasteiger partial charge on any atom is -0.326 e.